The largest absolute Gasteiger partial charge is 0.388 e. The fraction of sp³-hybridized carbons (Fsp3) is 0.800. The van der Waals surface area contributed by atoms with Gasteiger partial charge in [0.1, 0.15) is 10.7 Å². The summed E-state index contributed by atoms with van der Waals surface area (Å²) in [5.74, 6) is 0. The fourth-order valence-corrected chi connectivity index (χ4v) is 2.52. The van der Waals surface area contributed by atoms with Crippen LogP contribution in [0, 0.1) is 0 Å². The predicted molar refractivity (Wildman–Crippen MR) is 62.7 cm³/mol. The molecule has 2 rings (SSSR count). The molecule has 1 aromatic rings. The van der Waals surface area contributed by atoms with Crippen molar-refractivity contribution in [2.75, 3.05) is 12.3 Å². The number of rotatable bonds is 2. The summed E-state index contributed by atoms with van der Waals surface area (Å²) >= 11 is 1.29. The normalized spacial score (nSPS) is 23.9. The monoisotopic (exact) mass is 226 g/mol. The van der Waals surface area contributed by atoms with Crippen LogP contribution in [0.5, 0.6) is 0 Å². The van der Waals surface area contributed by atoms with Crippen molar-refractivity contribution in [3.05, 3.63) is 5.69 Å². The Morgan fingerprint density at radius 2 is 2.33 bits per heavy atom. The fourth-order valence-electron chi connectivity index (χ4n) is 2.09. The average Bonchev–Trinajstić information content (AvgIpc) is 2.50. The van der Waals surface area contributed by atoms with E-state index in [9.17, 15) is 0 Å². The number of nitrogens with two attached hydrogens (primary N) is 1. The Morgan fingerprint density at radius 3 is 3.07 bits per heavy atom. The van der Waals surface area contributed by atoms with Crippen molar-refractivity contribution in [1.82, 2.24) is 14.5 Å². The van der Waals surface area contributed by atoms with Gasteiger partial charge in [0.05, 0.1) is 0 Å². The summed E-state index contributed by atoms with van der Waals surface area (Å²) in [5, 5.41) is 4.85. The molecule has 1 aliphatic heterocycles. The summed E-state index contributed by atoms with van der Waals surface area (Å²) in [6.45, 7) is 4.32. The van der Waals surface area contributed by atoms with Crippen LogP contribution in [0.3, 0.4) is 0 Å². The molecular weight excluding hydrogens is 208 g/mol. The maximum atomic E-state index is 5.81. The molecule has 2 heterocycles. The lowest BCUT2D eigenvalue weighted by atomic mass is 10.1. The summed E-state index contributed by atoms with van der Waals surface area (Å²) in [7, 11) is 0. The van der Waals surface area contributed by atoms with Gasteiger partial charge in [-0.15, -0.1) is 5.10 Å². The molecule has 1 unspecified atom stereocenters. The van der Waals surface area contributed by atoms with Gasteiger partial charge in [0.15, 0.2) is 0 Å². The Kier molecular flexibility index (Phi) is 3.53. The number of hydrogen-bond donors (Lipinski definition) is 1. The minimum atomic E-state index is 0.647. The highest BCUT2D eigenvalue weighted by atomic mass is 32.1. The average molecular weight is 226 g/mol. The predicted octanol–water partition coefficient (Wildman–Crippen LogP) is 1.88. The number of aromatic nitrogens is 2. The van der Waals surface area contributed by atoms with E-state index in [1.807, 2.05) is 0 Å². The molecule has 1 aromatic heterocycles. The van der Waals surface area contributed by atoms with E-state index in [0.717, 1.165) is 23.8 Å². The zero-order chi connectivity index (χ0) is 10.7. The molecule has 0 aromatic carbocycles. The molecule has 0 aliphatic carbocycles. The summed E-state index contributed by atoms with van der Waals surface area (Å²) in [4.78, 5) is 2.47. The highest BCUT2D eigenvalue weighted by molar-refractivity contribution is 7.09. The van der Waals surface area contributed by atoms with Crippen LogP contribution in [0.15, 0.2) is 0 Å². The summed E-state index contributed by atoms with van der Waals surface area (Å²) < 4.78 is 3.88. The first kappa shape index (κ1) is 10.8. The van der Waals surface area contributed by atoms with Gasteiger partial charge in [0.2, 0.25) is 0 Å². The molecular formula is C10H18N4S. The number of anilines is 1. The maximum Gasteiger partial charge on any atom is 0.132 e. The Morgan fingerprint density at radius 1 is 1.47 bits per heavy atom. The van der Waals surface area contributed by atoms with Gasteiger partial charge in [-0.05, 0) is 26.3 Å². The van der Waals surface area contributed by atoms with E-state index >= 15 is 0 Å². The highest BCUT2D eigenvalue weighted by Crippen LogP contribution is 2.21. The van der Waals surface area contributed by atoms with Crippen molar-refractivity contribution < 1.29 is 0 Å². The second kappa shape index (κ2) is 4.90. The molecule has 0 bridgehead atoms. The second-order valence-electron chi connectivity index (χ2n) is 4.25. The van der Waals surface area contributed by atoms with Crippen LogP contribution in [0.4, 0.5) is 5.00 Å². The zero-order valence-corrected chi connectivity index (χ0v) is 9.96. The van der Waals surface area contributed by atoms with E-state index < -0.39 is 0 Å². The van der Waals surface area contributed by atoms with Crippen molar-refractivity contribution in [2.24, 2.45) is 0 Å². The smallest absolute Gasteiger partial charge is 0.132 e. The maximum absolute atomic E-state index is 5.81. The number of likely N-dealkylation sites (tertiary alicyclic amines) is 1. The van der Waals surface area contributed by atoms with Gasteiger partial charge in [-0.2, -0.15) is 0 Å². The third-order valence-corrected chi connectivity index (χ3v) is 3.72. The first-order chi connectivity index (χ1) is 7.27. The van der Waals surface area contributed by atoms with Crippen molar-refractivity contribution in [1.29, 1.82) is 0 Å². The van der Waals surface area contributed by atoms with Crippen LogP contribution in [0.1, 0.15) is 38.3 Å². The van der Waals surface area contributed by atoms with Crippen molar-refractivity contribution in [2.45, 2.75) is 45.2 Å². The molecule has 0 spiro atoms. The number of nitrogen functional groups attached to an aromatic ring is 1. The molecule has 4 nitrogen and oxygen atoms in total. The van der Waals surface area contributed by atoms with Gasteiger partial charge in [-0.1, -0.05) is 17.3 Å². The first-order valence-corrected chi connectivity index (χ1v) is 6.35. The molecule has 0 saturated carbocycles. The third kappa shape index (κ3) is 2.66. The van der Waals surface area contributed by atoms with E-state index in [0.29, 0.717) is 6.04 Å². The van der Waals surface area contributed by atoms with Crippen LogP contribution in [-0.4, -0.2) is 27.1 Å². The first-order valence-electron chi connectivity index (χ1n) is 5.58. The molecule has 5 heteroatoms. The lowest BCUT2D eigenvalue weighted by Gasteiger charge is -2.25. The second-order valence-corrected chi connectivity index (χ2v) is 5.04. The molecule has 1 saturated heterocycles. The SMILES string of the molecule is CC1CCCCCN1Cc1nnsc1N. The minimum absolute atomic E-state index is 0.647. The highest BCUT2D eigenvalue weighted by Gasteiger charge is 2.18. The zero-order valence-electron chi connectivity index (χ0n) is 9.15. The Labute approximate surface area is 94.6 Å². The van der Waals surface area contributed by atoms with E-state index in [1.165, 1.54) is 37.2 Å². The molecule has 1 aliphatic rings. The Balaban J connectivity index is 2.00. The van der Waals surface area contributed by atoms with E-state index in [1.54, 1.807) is 0 Å². The van der Waals surface area contributed by atoms with Crippen LogP contribution >= 0.6 is 11.5 Å². The van der Waals surface area contributed by atoms with Gasteiger partial charge in [0, 0.05) is 24.1 Å². The van der Waals surface area contributed by atoms with Crippen molar-refractivity contribution >= 4 is 16.5 Å². The standard InChI is InChI=1S/C10H18N4S/c1-8-5-3-2-4-6-14(8)7-9-10(11)15-13-12-9/h8H,2-7,11H2,1H3. The number of hydrogen-bond acceptors (Lipinski definition) is 5. The van der Waals surface area contributed by atoms with E-state index in [2.05, 4.69) is 21.4 Å². The van der Waals surface area contributed by atoms with Gasteiger partial charge in [-0.3, -0.25) is 4.90 Å². The minimum Gasteiger partial charge on any atom is -0.388 e. The van der Waals surface area contributed by atoms with E-state index in [-0.39, 0.29) is 0 Å². The van der Waals surface area contributed by atoms with Gasteiger partial charge in [0.25, 0.3) is 0 Å². The van der Waals surface area contributed by atoms with Crippen LogP contribution < -0.4 is 5.73 Å². The number of nitrogens with zero attached hydrogens (tertiary/aromatic N) is 3. The summed E-state index contributed by atoms with van der Waals surface area (Å²) in [6, 6.07) is 0.647. The Bertz CT molecular complexity index is 312. The van der Waals surface area contributed by atoms with E-state index in [4.69, 9.17) is 5.73 Å². The summed E-state index contributed by atoms with van der Waals surface area (Å²) in [5.41, 5.74) is 6.76. The van der Waals surface area contributed by atoms with Gasteiger partial charge >= 0.3 is 0 Å². The molecule has 0 radical (unpaired) electrons. The quantitative estimate of drug-likeness (QED) is 0.836. The van der Waals surface area contributed by atoms with Crippen molar-refractivity contribution in [3.63, 3.8) is 0 Å². The lowest BCUT2D eigenvalue weighted by Crippen LogP contribution is -2.32. The van der Waals surface area contributed by atoms with Crippen LogP contribution in [0.25, 0.3) is 0 Å². The molecule has 1 atom stereocenters. The molecule has 84 valence electrons. The van der Waals surface area contributed by atoms with Crippen molar-refractivity contribution in [3.8, 4) is 0 Å². The molecule has 0 amide bonds. The molecule has 2 N–H and O–H groups in total. The lowest BCUT2D eigenvalue weighted by molar-refractivity contribution is 0.203. The molecule has 1 fully saturated rings. The van der Waals surface area contributed by atoms with Gasteiger partial charge in [-0.25, -0.2) is 0 Å². The third-order valence-electron chi connectivity index (χ3n) is 3.13. The topological polar surface area (TPSA) is 55.0 Å². The van der Waals surface area contributed by atoms with Crippen LogP contribution in [-0.2, 0) is 6.54 Å². The van der Waals surface area contributed by atoms with Crippen LogP contribution in [0.2, 0.25) is 0 Å². The summed E-state index contributed by atoms with van der Waals surface area (Å²) in [6.07, 6.45) is 5.29. The molecule has 15 heavy (non-hydrogen) atoms. The Hall–Kier alpha value is -0.680. The van der Waals surface area contributed by atoms with Gasteiger partial charge < -0.3 is 5.73 Å².